The zero-order chi connectivity index (χ0) is 19.9. The summed E-state index contributed by atoms with van der Waals surface area (Å²) < 4.78 is 0. The summed E-state index contributed by atoms with van der Waals surface area (Å²) >= 11 is 0. The van der Waals surface area contributed by atoms with Crippen LogP contribution in [0.1, 0.15) is 54.8 Å². The van der Waals surface area contributed by atoms with Crippen LogP contribution >= 0.6 is 0 Å². The quantitative estimate of drug-likeness (QED) is 0.408. The zero-order valence-electron chi connectivity index (χ0n) is 12.7. The Morgan fingerprint density at radius 3 is 1.04 bits per heavy atom. The Balaban J connectivity index is 0.000000697. The lowest BCUT2D eigenvalue weighted by atomic mass is 9.98. The molecule has 0 saturated carbocycles. The number of carboxylic acids is 5. The van der Waals surface area contributed by atoms with Crippen molar-refractivity contribution in [3.8, 4) is 0 Å². The molecule has 0 aliphatic heterocycles. The number of benzene rings is 1. The molecule has 25 heavy (non-hydrogen) atoms. The number of hydrogen-bond acceptors (Lipinski definition) is 6. The van der Waals surface area contributed by atoms with E-state index < -0.39 is 58.2 Å². The molecule has 0 amide bonds. The molecule has 1 aromatic rings. The van der Waals surface area contributed by atoms with Crippen LogP contribution in [0, 0.1) is 0 Å². The van der Waals surface area contributed by atoms with Gasteiger partial charge in [0.1, 0.15) is 0 Å². The van der Waals surface area contributed by atoms with Crippen LogP contribution < -0.4 is 0 Å². The Kier molecular flexibility index (Phi) is 7.73. The minimum Gasteiger partial charge on any atom is -0.479 e. The molecular formula is C14H14O11. The molecule has 0 aliphatic rings. The van der Waals surface area contributed by atoms with Gasteiger partial charge in [-0.15, -0.1) is 0 Å². The van der Waals surface area contributed by atoms with Crippen LogP contribution in [0.2, 0.25) is 0 Å². The number of carbonyl (C=O) groups is 5. The van der Waals surface area contributed by atoms with Crippen LogP contribution in [0.5, 0.6) is 0 Å². The van der Waals surface area contributed by atoms with E-state index >= 15 is 0 Å². The first-order chi connectivity index (χ1) is 11.4. The fourth-order valence-corrected chi connectivity index (χ4v) is 1.48. The second-order valence-corrected chi connectivity index (χ2v) is 4.43. The van der Waals surface area contributed by atoms with Gasteiger partial charge in [-0.25, -0.2) is 24.0 Å². The highest BCUT2D eigenvalue weighted by Gasteiger charge is 2.24. The number of aliphatic carboxylic acids is 1. The first-order valence-electron chi connectivity index (χ1n) is 6.46. The molecule has 11 nitrogen and oxygen atoms in total. The van der Waals surface area contributed by atoms with E-state index in [1.807, 2.05) is 0 Å². The lowest BCUT2D eigenvalue weighted by molar-refractivity contribution is -0.146. The SMILES string of the molecule is CCC(O)C(=O)O.O=C(O)c1cc(C(=O)O)c(C(=O)O)cc1C(=O)O. The van der Waals surface area contributed by atoms with Gasteiger partial charge in [0.15, 0.2) is 6.10 Å². The third-order valence-corrected chi connectivity index (χ3v) is 2.75. The molecule has 136 valence electrons. The van der Waals surface area contributed by atoms with Crippen molar-refractivity contribution in [1.29, 1.82) is 0 Å². The van der Waals surface area contributed by atoms with Crippen LogP contribution in [0.4, 0.5) is 0 Å². The summed E-state index contributed by atoms with van der Waals surface area (Å²) in [5.74, 6) is -7.79. The molecule has 1 aromatic carbocycles. The van der Waals surface area contributed by atoms with Crippen molar-refractivity contribution in [1.82, 2.24) is 0 Å². The molecule has 0 aliphatic carbocycles. The van der Waals surface area contributed by atoms with Crippen molar-refractivity contribution in [2.24, 2.45) is 0 Å². The minimum absolute atomic E-state index is 0.273. The summed E-state index contributed by atoms with van der Waals surface area (Å²) in [5, 5.41) is 51.3. The molecule has 6 N–H and O–H groups in total. The van der Waals surface area contributed by atoms with Gasteiger partial charge in [0.25, 0.3) is 0 Å². The van der Waals surface area contributed by atoms with Crippen LogP contribution in [-0.2, 0) is 4.79 Å². The van der Waals surface area contributed by atoms with Crippen LogP contribution in [0.25, 0.3) is 0 Å². The first kappa shape index (κ1) is 21.5. The van der Waals surface area contributed by atoms with E-state index in [2.05, 4.69) is 0 Å². The molecule has 0 aromatic heterocycles. The fraction of sp³-hybridized carbons (Fsp3) is 0.214. The van der Waals surface area contributed by atoms with E-state index in [0.29, 0.717) is 12.1 Å². The Labute approximate surface area is 139 Å². The zero-order valence-corrected chi connectivity index (χ0v) is 12.7. The molecule has 0 bridgehead atoms. The van der Waals surface area contributed by atoms with E-state index in [-0.39, 0.29) is 6.42 Å². The fourth-order valence-electron chi connectivity index (χ4n) is 1.48. The lowest BCUT2D eigenvalue weighted by Crippen LogP contribution is -2.17. The number of hydrogen-bond donors (Lipinski definition) is 6. The molecule has 11 heteroatoms. The van der Waals surface area contributed by atoms with Gasteiger partial charge in [0.2, 0.25) is 0 Å². The van der Waals surface area contributed by atoms with Crippen molar-refractivity contribution in [3.05, 3.63) is 34.4 Å². The number of aliphatic hydroxyl groups excluding tert-OH is 1. The molecule has 1 rings (SSSR count). The summed E-state index contributed by atoms with van der Waals surface area (Å²) in [4.78, 5) is 52.8. The summed E-state index contributed by atoms with van der Waals surface area (Å²) in [6.07, 6.45) is -0.907. The van der Waals surface area contributed by atoms with Gasteiger partial charge in [-0.3, -0.25) is 0 Å². The highest BCUT2D eigenvalue weighted by Crippen LogP contribution is 2.18. The van der Waals surface area contributed by atoms with Gasteiger partial charge >= 0.3 is 29.8 Å². The largest absolute Gasteiger partial charge is 0.479 e. The average molecular weight is 358 g/mol. The molecule has 0 saturated heterocycles. The molecule has 0 heterocycles. The maximum Gasteiger partial charge on any atom is 0.336 e. The molecule has 1 unspecified atom stereocenters. The highest BCUT2D eigenvalue weighted by atomic mass is 16.4. The van der Waals surface area contributed by atoms with Crippen LogP contribution in [-0.4, -0.2) is 66.6 Å². The minimum atomic E-state index is -1.66. The first-order valence-corrected chi connectivity index (χ1v) is 6.46. The van der Waals surface area contributed by atoms with Gasteiger partial charge in [-0.1, -0.05) is 6.92 Å². The molecular weight excluding hydrogens is 344 g/mol. The van der Waals surface area contributed by atoms with Crippen molar-refractivity contribution in [3.63, 3.8) is 0 Å². The van der Waals surface area contributed by atoms with Crippen LogP contribution in [0.3, 0.4) is 0 Å². The normalized spacial score (nSPS) is 10.8. The number of aliphatic hydroxyl groups is 1. The molecule has 0 spiro atoms. The summed E-state index contributed by atoms with van der Waals surface area (Å²) in [6.45, 7) is 1.61. The van der Waals surface area contributed by atoms with Crippen molar-refractivity contribution in [2.45, 2.75) is 19.4 Å². The van der Waals surface area contributed by atoms with Gasteiger partial charge in [-0.2, -0.15) is 0 Å². The average Bonchev–Trinajstić information content (AvgIpc) is 2.52. The topological polar surface area (TPSA) is 207 Å². The van der Waals surface area contributed by atoms with Gasteiger partial charge in [0, 0.05) is 0 Å². The monoisotopic (exact) mass is 358 g/mol. The van der Waals surface area contributed by atoms with E-state index in [0.717, 1.165) is 0 Å². The second-order valence-electron chi connectivity index (χ2n) is 4.43. The highest BCUT2D eigenvalue weighted by molar-refractivity contribution is 6.09. The van der Waals surface area contributed by atoms with Crippen LogP contribution in [0.15, 0.2) is 12.1 Å². The number of rotatable bonds is 6. The molecule has 0 radical (unpaired) electrons. The smallest absolute Gasteiger partial charge is 0.336 e. The number of aromatic carboxylic acids is 4. The molecule has 0 fully saturated rings. The summed E-state index contributed by atoms with van der Waals surface area (Å²) in [6, 6.07) is 1.02. The standard InChI is InChI=1S/C10H6O8.C4H8O3/c11-7(12)3-1-4(8(13)14)6(10(17)18)2-5(3)9(15)16;1-2-3(5)4(6)7/h1-2H,(H,11,12)(H,13,14)(H,15,16)(H,17,18);3,5H,2H2,1H3,(H,6,7). The van der Waals surface area contributed by atoms with Crippen molar-refractivity contribution in [2.75, 3.05) is 0 Å². The third kappa shape index (κ3) is 5.91. The van der Waals surface area contributed by atoms with E-state index in [4.69, 9.17) is 30.6 Å². The van der Waals surface area contributed by atoms with E-state index in [1.165, 1.54) is 0 Å². The van der Waals surface area contributed by atoms with Crippen molar-refractivity contribution >= 4 is 29.8 Å². The van der Waals surface area contributed by atoms with Gasteiger partial charge in [0.05, 0.1) is 22.3 Å². The summed E-state index contributed by atoms with van der Waals surface area (Å²) in [5.41, 5.74) is -3.15. The van der Waals surface area contributed by atoms with Gasteiger partial charge < -0.3 is 30.6 Å². The predicted octanol–water partition coefficient (Wildman–Crippen LogP) is 0.321. The lowest BCUT2D eigenvalue weighted by Gasteiger charge is -2.06. The Morgan fingerprint density at radius 2 is 0.960 bits per heavy atom. The van der Waals surface area contributed by atoms with Crippen molar-refractivity contribution < 1.29 is 54.6 Å². The maximum absolute atomic E-state index is 10.8. The third-order valence-electron chi connectivity index (χ3n) is 2.75. The summed E-state index contributed by atoms with van der Waals surface area (Å²) in [7, 11) is 0. The van der Waals surface area contributed by atoms with E-state index in [9.17, 15) is 24.0 Å². The Bertz CT molecular complexity index is 621. The van der Waals surface area contributed by atoms with Gasteiger partial charge in [-0.05, 0) is 18.6 Å². The Hall–Kier alpha value is -3.47. The number of carboxylic acid groups (broad SMARTS) is 5. The second kappa shape index (κ2) is 8.98. The predicted molar refractivity (Wildman–Crippen MR) is 78.2 cm³/mol. The maximum atomic E-state index is 10.8. The Morgan fingerprint density at radius 1 is 0.720 bits per heavy atom. The van der Waals surface area contributed by atoms with E-state index in [1.54, 1.807) is 6.92 Å². The molecule has 1 atom stereocenters.